The second kappa shape index (κ2) is 5.69. The minimum absolute atomic E-state index is 0.392. The number of fused-ring (bicyclic) bond motifs is 5. The molecular weight excluding hydrogens is 363 g/mol. The molecule has 1 fully saturated rings. The third kappa shape index (κ3) is 2.28. The molecule has 1 nitrogen and oxygen atoms in total. The summed E-state index contributed by atoms with van der Waals surface area (Å²) in [5, 5.41) is 3.73. The Bertz CT molecular complexity index is 845. The Morgan fingerprint density at radius 2 is 1.92 bits per heavy atom. The SMILES string of the molecule is COc1c(Cl)cc2c3c(cc(Cl)c2c1Cl)[C@H]1C[C@H](C)C[C@]1(C)CC3. The van der Waals surface area contributed by atoms with Crippen molar-refractivity contribution in [1.29, 1.82) is 0 Å². The molecule has 0 spiro atoms. The van der Waals surface area contributed by atoms with Crippen molar-refractivity contribution < 1.29 is 4.74 Å². The van der Waals surface area contributed by atoms with E-state index in [-0.39, 0.29) is 0 Å². The second-order valence-corrected chi connectivity index (χ2v) is 9.00. The van der Waals surface area contributed by atoms with Crippen LogP contribution in [0.1, 0.15) is 50.2 Å². The van der Waals surface area contributed by atoms with Gasteiger partial charge in [-0.2, -0.15) is 0 Å². The molecule has 0 aromatic heterocycles. The van der Waals surface area contributed by atoms with Gasteiger partial charge in [-0.05, 0) is 71.6 Å². The number of hydrogen-bond donors (Lipinski definition) is 0. The molecule has 0 amide bonds. The molecule has 128 valence electrons. The summed E-state index contributed by atoms with van der Waals surface area (Å²) in [5.74, 6) is 1.85. The molecule has 0 heterocycles. The molecule has 4 heteroatoms. The van der Waals surface area contributed by atoms with Crippen LogP contribution in [-0.4, -0.2) is 7.11 Å². The monoisotopic (exact) mass is 382 g/mol. The minimum Gasteiger partial charge on any atom is -0.494 e. The van der Waals surface area contributed by atoms with Gasteiger partial charge >= 0.3 is 0 Å². The van der Waals surface area contributed by atoms with Gasteiger partial charge < -0.3 is 4.74 Å². The molecule has 2 aromatic rings. The van der Waals surface area contributed by atoms with E-state index in [1.54, 1.807) is 7.11 Å². The highest BCUT2D eigenvalue weighted by atomic mass is 35.5. The first-order valence-corrected chi connectivity index (χ1v) is 9.66. The van der Waals surface area contributed by atoms with Crippen molar-refractivity contribution in [2.45, 2.75) is 45.4 Å². The lowest BCUT2D eigenvalue weighted by atomic mass is 9.66. The van der Waals surface area contributed by atoms with E-state index in [0.717, 1.165) is 23.1 Å². The highest BCUT2D eigenvalue weighted by molar-refractivity contribution is 6.45. The Labute approximate surface area is 158 Å². The zero-order valence-electron chi connectivity index (χ0n) is 14.2. The quantitative estimate of drug-likeness (QED) is 0.503. The van der Waals surface area contributed by atoms with E-state index < -0.39 is 0 Å². The van der Waals surface area contributed by atoms with E-state index in [4.69, 9.17) is 39.5 Å². The molecule has 2 aliphatic rings. The lowest BCUT2D eigenvalue weighted by Gasteiger charge is -2.38. The van der Waals surface area contributed by atoms with Crippen molar-refractivity contribution in [2.75, 3.05) is 7.11 Å². The van der Waals surface area contributed by atoms with Crippen molar-refractivity contribution >= 4 is 45.6 Å². The number of hydrogen-bond acceptors (Lipinski definition) is 1. The second-order valence-electron chi connectivity index (χ2n) is 7.81. The van der Waals surface area contributed by atoms with Crippen LogP contribution in [0.4, 0.5) is 0 Å². The predicted molar refractivity (Wildman–Crippen MR) is 103 cm³/mol. The van der Waals surface area contributed by atoms with Crippen molar-refractivity contribution in [3.05, 3.63) is 38.3 Å². The first-order chi connectivity index (χ1) is 11.4. The third-order valence-corrected chi connectivity index (χ3v) is 7.13. The van der Waals surface area contributed by atoms with E-state index in [1.165, 1.54) is 30.4 Å². The maximum Gasteiger partial charge on any atom is 0.156 e. The van der Waals surface area contributed by atoms with Gasteiger partial charge in [0.15, 0.2) is 5.75 Å². The van der Waals surface area contributed by atoms with Crippen LogP contribution in [0.25, 0.3) is 10.8 Å². The van der Waals surface area contributed by atoms with Crippen molar-refractivity contribution in [2.24, 2.45) is 11.3 Å². The first-order valence-electron chi connectivity index (χ1n) is 8.52. The third-order valence-electron chi connectivity index (χ3n) is 6.19. The number of halogens is 3. The fourth-order valence-corrected chi connectivity index (χ4v) is 6.27. The summed E-state index contributed by atoms with van der Waals surface area (Å²) in [6, 6.07) is 4.13. The molecule has 2 aliphatic carbocycles. The van der Waals surface area contributed by atoms with E-state index in [1.807, 2.05) is 6.07 Å². The molecule has 1 saturated carbocycles. The van der Waals surface area contributed by atoms with Gasteiger partial charge in [0, 0.05) is 5.39 Å². The van der Waals surface area contributed by atoms with E-state index >= 15 is 0 Å². The largest absolute Gasteiger partial charge is 0.494 e. The summed E-state index contributed by atoms with van der Waals surface area (Å²) >= 11 is 19.6. The van der Waals surface area contributed by atoms with Gasteiger partial charge in [0.2, 0.25) is 0 Å². The zero-order valence-corrected chi connectivity index (χ0v) is 16.4. The minimum atomic E-state index is 0.392. The fourth-order valence-electron chi connectivity index (χ4n) is 5.20. The smallest absolute Gasteiger partial charge is 0.156 e. The van der Waals surface area contributed by atoms with Gasteiger partial charge in [-0.3, -0.25) is 0 Å². The van der Waals surface area contributed by atoms with Gasteiger partial charge in [0.25, 0.3) is 0 Å². The number of ether oxygens (including phenoxy) is 1. The van der Waals surface area contributed by atoms with Gasteiger partial charge in [0.05, 0.1) is 22.2 Å². The summed E-state index contributed by atoms with van der Waals surface area (Å²) in [7, 11) is 1.58. The summed E-state index contributed by atoms with van der Waals surface area (Å²) in [6.45, 7) is 4.81. The summed E-state index contributed by atoms with van der Waals surface area (Å²) in [5.41, 5.74) is 3.17. The molecule has 0 aliphatic heterocycles. The Balaban J connectivity index is 2.01. The average molecular weight is 384 g/mol. The van der Waals surface area contributed by atoms with Crippen molar-refractivity contribution in [1.82, 2.24) is 0 Å². The number of aryl methyl sites for hydroxylation is 1. The summed E-state index contributed by atoms with van der Waals surface area (Å²) in [4.78, 5) is 0. The van der Waals surface area contributed by atoms with Crippen LogP contribution < -0.4 is 4.74 Å². The van der Waals surface area contributed by atoms with Crippen LogP contribution in [0.5, 0.6) is 5.75 Å². The number of benzene rings is 2. The van der Waals surface area contributed by atoms with E-state index in [2.05, 4.69) is 19.9 Å². The molecule has 0 radical (unpaired) electrons. The lowest BCUT2D eigenvalue weighted by molar-refractivity contribution is 0.248. The van der Waals surface area contributed by atoms with Crippen molar-refractivity contribution in [3.63, 3.8) is 0 Å². The molecule has 24 heavy (non-hydrogen) atoms. The topological polar surface area (TPSA) is 9.23 Å². The molecule has 0 bridgehead atoms. The van der Waals surface area contributed by atoms with Crippen LogP contribution in [-0.2, 0) is 6.42 Å². The highest BCUT2D eigenvalue weighted by Gasteiger charge is 2.46. The average Bonchev–Trinajstić information content (AvgIpc) is 2.82. The molecule has 2 aromatic carbocycles. The molecule has 0 saturated heterocycles. The Morgan fingerprint density at radius 1 is 1.17 bits per heavy atom. The maximum atomic E-state index is 6.67. The Hall–Kier alpha value is -0.630. The molecule has 0 N–H and O–H groups in total. The zero-order chi connectivity index (χ0) is 17.2. The summed E-state index contributed by atoms with van der Waals surface area (Å²) < 4.78 is 5.36. The predicted octanol–water partition coefficient (Wildman–Crippen LogP) is 7.27. The molecule has 0 unspecified atom stereocenters. The molecule has 3 atom stereocenters. The normalized spacial score (nSPS) is 28.8. The summed E-state index contributed by atoms with van der Waals surface area (Å²) in [6.07, 6.45) is 4.81. The first kappa shape index (κ1) is 16.8. The van der Waals surface area contributed by atoms with Crippen LogP contribution in [0.2, 0.25) is 15.1 Å². The van der Waals surface area contributed by atoms with Gasteiger partial charge in [-0.1, -0.05) is 48.7 Å². The Kier molecular flexibility index (Phi) is 3.99. The lowest BCUT2D eigenvalue weighted by Crippen LogP contribution is -2.26. The molecular formula is C20H21Cl3O. The number of methoxy groups -OCH3 is 1. The van der Waals surface area contributed by atoms with E-state index in [0.29, 0.717) is 32.2 Å². The number of rotatable bonds is 1. The van der Waals surface area contributed by atoms with Gasteiger partial charge in [0.1, 0.15) is 0 Å². The standard InChI is InChI=1S/C20H21Cl3O/c1-10-6-14-12-7-15(21)17-13(8-16(22)19(24-3)18(17)23)11(12)4-5-20(14,2)9-10/h7-8,10,14H,4-6,9H2,1-3H3/t10-,14+,20-/m0/s1. The van der Waals surface area contributed by atoms with Gasteiger partial charge in [-0.25, -0.2) is 0 Å². The van der Waals surface area contributed by atoms with Crippen molar-refractivity contribution in [3.8, 4) is 5.75 Å². The van der Waals surface area contributed by atoms with Gasteiger partial charge in [-0.15, -0.1) is 0 Å². The fraction of sp³-hybridized carbons (Fsp3) is 0.500. The van der Waals surface area contributed by atoms with Crippen LogP contribution in [0, 0.1) is 11.3 Å². The van der Waals surface area contributed by atoms with Crippen LogP contribution >= 0.6 is 34.8 Å². The van der Waals surface area contributed by atoms with E-state index in [9.17, 15) is 0 Å². The molecule has 4 rings (SSSR count). The maximum absolute atomic E-state index is 6.67. The van der Waals surface area contributed by atoms with Crippen LogP contribution in [0.3, 0.4) is 0 Å². The van der Waals surface area contributed by atoms with Crippen LogP contribution in [0.15, 0.2) is 12.1 Å². The Morgan fingerprint density at radius 3 is 2.62 bits per heavy atom. The highest BCUT2D eigenvalue weighted by Crippen LogP contribution is 2.59.